The van der Waals surface area contributed by atoms with Gasteiger partial charge in [0.15, 0.2) is 11.6 Å². The Balaban J connectivity index is 1.41. The summed E-state index contributed by atoms with van der Waals surface area (Å²) in [6, 6.07) is 3.21. The van der Waals surface area contributed by atoms with E-state index in [1.165, 1.54) is 6.07 Å². The second-order valence-electron chi connectivity index (χ2n) is 6.33. The van der Waals surface area contributed by atoms with Crippen LogP contribution in [-0.2, 0) is 0 Å². The number of nitrogens with one attached hydrogen (secondary N) is 1. The molecule has 1 aliphatic rings. The minimum absolute atomic E-state index is 0.136. The normalized spacial score (nSPS) is 15.1. The van der Waals surface area contributed by atoms with Gasteiger partial charge in [-0.05, 0) is 31.0 Å². The lowest BCUT2D eigenvalue weighted by Crippen LogP contribution is -2.38. The van der Waals surface area contributed by atoms with E-state index in [0.717, 1.165) is 18.0 Å². The van der Waals surface area contributed by atoms with Gasteiger partial charge in [-0.25, -0.2) is 18.7 Å². The Morgan fingerprint density at radius 1 is 1.15 bits per heavy atom. The Bertz CT molecular complexity index is 953. The smallest absolute Gasteiger partial charge is 0.253 e. The average Bonchev–Trinajstić information content (AvgIpc) is 3.21. The van der Waals surface area contributed by atoms with Crippen LogP contribution >= 0.6 is 0 Å². The zero-order valence-corrected chi connectivity index (χ0v) is 14.3. The molecule has 0 spiro atoms. The highest BCUT2D eigenvalue weighted by Gasteiger charge is 2.27. The van der Waals surface area contributed by atoms with Crippen LogP contribution in [0, 0.1) is 11.6 Å². The van der Waals surface area contributed by atoms with Gasteiger partial charge in [0.25, 0.3) is 5.91 Å². The Labute approximate surface area is 153 Å². The van der Waals surface area contributed by atoms with E-state index in [0.29, 0.717) is 37.4 Å². The summed E-state index contributed by atoms with van der Waals surface area (Å²) in [7, 11) is 0. The monoisotopic (exact) mass is 370 g/mol. The molecular weight excluding hydrogens is 354 g/mol. The fourth-order valence-electron chi connectivity index (χ4n) is 3.15. The third-order valence-electron chi connectivity index (χ3n) is 4.63. The summed E-state index contributed by atoms with van der Waals surface area (Å²) in [6.07, 6.45) is 6.15. The van der Waals surface area contributed by atoms with E-state index in [2.05, 4.69) is 25.1 Å². The molecule has 0 aliphatic carbocycles. The van der Waals surface area contributed by atoms with Crippen molar-refractivity contribution in [1.82, 2.24) is 30.0 Å². The van der Waals surface area contributed by atoms with Gasteiger partial charge >= 0.3 is 0 Å². The number of hydrogen-bond acceptors (Lipinski definition) is 5. The molecule has 7 nitrogen and oxygen atoms in total. The first-order chi connectivity index (χ1) is 13.1. The summed E-state index contributed by atoms with van der Waals surface area (Å²) in [5.41, 5.74) is 0.739. The van der Waals surface area contributed by atoms with Crippen molar-refractivity contribution in [3.05, 3.63) is 59.8 Å². The number of piperidine rings is 1. The standard InChI is InChI=1S/C18H16F2N6O/c19-13-2-1-12(9-14(13)20)18(27)26-7-3-11(4-8-26)16-23-17(25-24-16)15-10-21-5-6-22-15/h1-2,5-6,9-11H,3-4,7-8H2,(H,23,24,25). The number of halogens is 2. The Hall–Kier alpha value is -3.23. The van der Waals surface area contributed by atoms with Crippen LogP contribution in [-0.4, -0.2) is 49.0 Å². The lowest BCUT2D eigenvalue weighted by Gasteiger charge is -2.31. The Morgan fingerprint density at radius 3 is 2.67 bits per heavy atom. The molecule has 1 fully saturated rings. The molecule has 3 aromatic rings. The van der Waals surface area contributed by atoms with Gasteiger partial charge in [-0.15, -0.1) is 0 Å². The molecule has 1 amide bonds. The molecule has 0 atom stereocenters. The van der Waals surface area contributed by atoms with Crippen LogP contribution in [0.15, 0.2) is 36.8 Å². The maximum atomic E-state index is 13.4. The summed E-state index contributed by atoms with van der Waals surface area (Å²) >= 11 is 0. The van der Waals surface area contributed by atoms with E-state index in [1.54, 1.807) is 23.5 Å². The first kappa shape index (κ1) is 17.2. The van der Waals surface area contributed by atoms with Crippen molar-refractivity contribution < 1.29 is 13.6 Å². The van der Waals surface area contributed by atoms with E-state index < -0.39 is 11.6 Å². The third-order valence-corrected chi connectivity index (χ3v) is 4.63. The summed E-state index contributed by atoms with van der Waals surface area (Å²) in [5, 5.41) is 7.12. The van der Waals surface area contributed by atoms with Gasteiger partial charge in [-0.2, -0.15) is 5.10 Å². The highest BCUT2D eigenvalue weighted by atomic mass is 19.2. The van der Waals surface area contributed by atoms with Crippen molar-refractivity contribution in [1.29, 1.82) is 0 Å². The van der Waals surface area contributed by atoms with Crippen LogP contribution in [0.1, 0.15) is 34.9 Å². The molecule has 27 heavy (non-hydrogen) atoms. The quantitative estimate of drug-likeness (QED) is 0.766. The van der Waals surface area contributed by atoms with E-state index >= 15 is 0 Å². The van der Waals surface area contributed by atoms with Crippen molar-refractivity contribution in [3.8, 4) is 11.5 Å². The number of H-pyrrole nitrogens is 1. The fourth-order valence-corrected chi connectivity index (χ4v) is 3.15. The van der Waals surface area contributed by atoms with E-state index in [9.17, 15) is 13.6 Å². The Morgan fingerprint density at radius 2 is 1.96 bits per heavy atom. The molecule has 138 valence electrons. The molecule has 1 saturated heterocycles. The Kier molecular flexibility index (Phi) is 4.57. The molecule has 2 aromatic heterocycles. The van der Waals surface area contributed by atoms with Gasteiger partial charge in [-0.3, -0.25) is 14.9 Å². The summed E-state index contributed by atoms with van der Waals surface area (Å²) in [6.45, 7) is 1.01. The highest BCUT2D eigenvalue weighted by Crippen LogP contribution is 2.27. The van der Waals surface area contributed by atoms with E-state index in [1.807, 2.05) is 0 Å². The number of rotatable bonds is 3. The minimum Gasteiger partial charge on any atom is -0.339 e. The molecule has 0 saturated carbocycles. The second kappa shape index (κ2) is 7.18. The van der Waals surface area contributed by atoms with Crippen LogP contribution in [0.4, 0.5) is 8.78 Å². The zero-order chi connectivity index (χ0) is 18.8. The summed E-state index contributed by atoms with van der Waals surface area (Å²) < 4.78 is 26.4. The van der Waals surface area contributed by atoms with Crippen LogP contribution in [0.3, 0.4) is 0 Å². The van der Waals surface area contributed by atoms with Gasteiger partial charge in [0.1, 0.15) is 11.5 Å². The van der Waals surface area contributed by atoms with Crippen molar-refractivity contribution in [3.63, 3.8) is 0 Å². The molecule has 1 aromatic carbocycles. The topological polar surface area (TPSA) is 87.7 Å². The van der Waals surface area contributed by atoms with Crippen molar-refractivity contribution >= 4 is 5.91 Å². The number of aromatic nitrogens is 5. The molecular formula is C18H16F2N6O. The second-order valence-corrected chi connectivity index (χ2v) is 6.33. The van der Waals surface area contributed by atoms with Crippen molar-refractivity contribution in [2.75, 3.05) is 13.1 Å². The van der Waals surface area contributed by atoms with Crippen LogP contribution in [0.2, 0.25) is 0 Å². The van der Waals surface area contributed by atoms with Crippen molar-refractivity contribution in [2.24, 2.45) is 0 Å². The molecule has 9 heteroatoms. The van der Waals surface area contributed by atoms with Gasteiger partial charge in [0.05, 0.1) is 6.20 Å². The first-order valence-electron chi connectivity index (χ1n) is 8.55. The number of aromatic amines is 1. The van der Waals surface area contributed by atoms with Crippen molar-refractivity contribution in [2.45, 2.75) is 18.8 Å². The van der Waals surface area contributed by atoms with E-state index in [-0.39, 0.29) is 17.4 Å². The first-order valence-corrected chi connectivity index (χ1v) is 8.55. The molecule has 0 unspecified atom stereocenters. The molecule has 1 N–H and O–H groups in total. The molecule has 0 radical (unpaired) electrons. The number of likely N-dealkylation sites (tertiary alicyclic amines) is 1. The lowest BCUT2D eigenvalue weighted by molar-refractivity contribution is 0.0710. The van der Waals surface area contributed by atoms with Gasteiger partial charge < -0.3 is 4.90 Å². The number of amides is 1. The largest absolute Gasteiger partial charge is 0.339 e. The fraction of sp³-hybridized carbons (Fsp3) is 0.278. The lowest BCUT2D eigenvalue weighted by atomic mass is 9.95. The van der Waals surface area contributed by atoms with Crippen LogP contribution < -0.4 is 0 Å². The summed E-state index contributed by atoms with van der Waals surface area (Å²) in [5.74, 6) is -0.917. The van der Waals surface area contributed by atoms with E-state index in [4.69, 9.17) is 0 Å². The SMILES string of the molecule is O=C(c1ccc(F)c(F)c1)N1CCC(c2nc(-c3cnccn3)n[nH]2)CC1. The molecule has 1 aliphatic heterocycles. The highest BCUT2D eigenvalue weighted by molar-refractivity contribution is 5.94. The zero-order valence-electron chi connectivity index (χ0n) is 14.3. The number of hydrogen-bond donors (Lipinski definition) is 1. The molecule has 3 heterocycles. The molecule has 0 bridgehead atoms. The maximum Gasteiger partial charge on any atom is 0.253 e. The maximum absolute atomic E-state index is 13.4. The van der Waals surface area contributed by atoms with Gasteiger partial charge in [-0.1, -0.05) is 0 Å². The van der Waals surface area contributed by atoms with Crippen LogP contribution in [0.25, 0.3) is 11.5 Å². The predicted molar refractivity (Wildman–Crippen MR) is 91.6 cm³/mol. The predicted octanol–water partition coefficient (Wildman–Crippen LogP) is 2.56. The summed E-state index contributed by atoms with van der Waals surface area (Å²) in [4.78, 5) is 26.8. The van der Waals surface area contributed by atoms with Gasteiger partial charge in [0, 0.05) is 37.0 Å². The molecule has 4 rings (SSSR count). The average molecular weight is 370 g/mol. The van der Waals surface area contributed by atoms with Gasteiger partial charge in [0.2, 0.25) is 5.82 Å². The number of carbonyl (C=O) groups excluding carboxylic acids is 1. The number of nitrogens with zero attached hydrogens (tertiary/aromatic N) is 5. The van der Waals surface area contributed by atoms with Crippen LogP contribution in [0.5, 0.6) is 0 Å². The number of benzene rings is 1. The third kappa shape index (κ3) is 3.53. The number of carbonyl (C=O) groups is 1. The minimum atomic E-state index is -1.02.